The standard InChI is InChI=1S/C28H27NO3/c1-20(21-8-4-2-5-9-21)29(23-12-13-23)16-17-31-24-14-15-25-27(18-24)32-19-26(28(25)30)22-10-6-3-7-11-22/h2-11,14-15,18-20,23H,12-13,16-17H2,1H3. The summed E-state index contributed by atoms with van der Waals surface area (Å²) in [5.41, 5.74) is 3.28. The number of rotatable bonds is 8. The largest absolute Gasteiger partial charge is 0.492 e. The van der Waals surface area contributed by atoms with Gasteiger partial charge in [-0.3, -0.25) is 9.69 Å². The molecule has 1 fully saturated rings. The third kappa shape index (κ3) is 4.32. The monoisotopic (exact) mass is 425 g/mol. The highest BCUT2D eigenvalue weighted by Gasteiger charge is 2.32. The Morgan fingerprint density at radius 1 is 1.00 bits per heavy atom. The van der Waals surface area contributed by atoms with E-state index >= 15 is 0 Å². The molecule has 0 N–H and O–H groups in total. The predicted octanol–water partition coefficient (Wildman–Crippen LogP) is 6.06. The van der Waals surface area contributed by atoms with Crippen molar-refractivity contribution in [2.75, 3.05) is 13.2 Å². The Labute approximate surface area is 188 Å². The topological polar surface area (TPSA) is 42.7 Å². The van der Waals surface area contributed by atoms with Gasteiger partial charge in [-0.25, -0.2) is 0 Å². The molecule has 0 bridgehead atoms. The van der Waals surface area contributed by atoms with Crippen LogP contribution in [0.15, 0.2) is 94.3 Å². The number of hydrogen-bond acceptors (Lipinski definition) is 4. The molecule has 1 heterocycles. The molecule has 1 unspecified atom stereocenters. The van der Waals surface area contributed by atoms with Gasteiger partial charge in [-0.05, 0) is 43.0 Å². The van der Waals surface area contributed by atoms with E-state index in [-0.39, 0.29) is 5.43 Å². The highest BCUT2D eigenvalue weighted by Crippen LogP contribution is 2.34. The number of fused-ring (bicyclic) bond motifs is 1. The maximum absolute atomic E-state index is 12.9. The van der Waals surface area contributed by atoms with E-state index < -0.39 is 0 Å². The van der Waals surface area contributed by atoms with Crippen molar-refractivity contribution in [3.8, 4) is 16.9 Å². The molecule has 3 aromatic carbocycles. The first kappa shape index (κ1) is 20.5. The minimum absolute atomic E-state index is 0.0272. The molecule has 4 nitrogen and oxygen atoms in total. The Hall–Kier alpha value is -3.37. The highest BCUT2D eigenvalue weighted by atomic mass is 16.5. The SMILES string of the molecule is CC(c1ccccc1)N(CCOc1ccc2c(=O)c(-c3ccccc3)coc2c1)C1CC1. The van der Waals surface area contributed by atoms with Crippen molar-refractivity contribution in [2.45, 2.75) is 31.8 Å². The van der Waals surface area contributed by atoms with Gasteiger partial charge in [0.2, 0.25) is 0 Å². The smallest absolute Gasteiger partial charge is 0.200 e. The van der Waals surface area contributed by atoms with Crippen LogP contribution in [0.5, 0.6) is 5.75 Å². The van der Waals surface area contributed by atoms with Crippen LogP contribution < -0.4 is 10.2 Å². The average molecular weight is 426 g/mol. The number of nitrogens with zero attached hydrogens (tertiary/aromatic N) is 1. The van der Waals surface area contributed by atoms with Crippen LogP contribution in [0.2, 0.25) is 0 Å². The molecule has 1 aliphatic carbocycles. The molecular formula is C28H27NO3. The summed E-state index contributed by atoms with van der Waals surface area (Å²) in [5.74, 6) is 0.719. The van der Waals surface area contributed by atoms with Crippen LogP contribution in [0.1, 0.15) is 31.4 Å². The summed E-state index contributed by atoms with van der Waals surface area (Å²) in [6.45, 7) is 3.71. The molecule has 4 heteroatoms. The fourth-order valence-electron chi connectivity index (χ4n) is 4.31. The summed E-state index contributed by atoms with van der Waals surface area (Å²) >= 11 is 0. The highest BCUT2D eigenvalue weighted by molar-refractivity contribution is 5.82. The third-order valence-corrected chi connectivity index (χ3v) is 6.24. The summed E-state index contributed by atoms with van der Waals surface area (Å²) in [5, 5.41) is 0.566. The molecule has 0 aliphatic heterocycles. The molecule has 0 spiro atoms. The molecule has 1 aromatic heterocycles. The lowest BCUT2D eigenvalue weighted by atomic mass is 10.1. The summed E-state index contributed by atoms with van der Waals surface area (Å²) in [7, 11) is 0. The van der Waals surface area contributed by atoms with Crippen LogP contribution in [-0.4, -0.2) is 24.1 Å². The predicted molar refractivity (Wildman–Crippen MR) is 128 cm³/mol. The van der Waals surface area contributed by atoms with E-state index in [1.165, 1.54) is 18.4 Å². The van der Waals surface area contributed by atoms with Gasteiger partial charge in [0, 0.05) is 24.7 Å². The Bertz CT molecular complexity index is 1250. The zero-order chi connectivity index (χ0) is 21.9. The second-order valence-electron chi connectivity index (χ2n) is 8.41. The zero-order valence-electron chi connectivity index (χ0n) is 18.2. The minimum Gasteiger partial charge on any atom is -0.492 e. The minimum atomic E-state index is -0.0272. The molecular weight excluding hydrogens is 398 g/mol. The van der Waals surface area contributed by atoms with Gasteiger partial charge in [0.05, 0.1) is 10.9 Å². The van der Waals surface area contributed by atoms with Gasteiger partial charge in [-0.2, -0.15) is 0 Å². The zero-order valence-corrected chi connectivity index (χ0v) is 18.2. The normalized spacial score (nSPS) is 14.6. The van der Waals surface area contributed by atoms with E-state index in [0.29, 0.717) is 35.2 Å². The Morgan fingerprint density at radius 3 is 2.44 bits per heavy atom. The first-order chi connectivity index (χ1) is 15.7. The number of benzene rings is 3. The molecule has 1 aliphatic rings. The van der Waals surface area contributed by atoms with Gasteiger partial charge >= 0.3 is 0 Å². The van der Waals surface area contributed by atoms with Crippen molar-refractivity contribution in [3.63, 3.8) is 0 Å². The molecule has 0 saturated heterocycles. The van der Waals surface area contributed by atoms with Crippen molar-refractivity contribution >= 4 is 11.0 Å². The molecule has 5 rings (SSSR count). The summed E-state index contributed by atoms with van der Waals surface area (Å²) in [4.78, 5) is 15.5. The third-order valence-electron chi connectivity index (χ3n) is 6.24. The lowest BCUT2D eigenvalue weighted by molar-refractivity contribution is 0.160. The lowest BCUT2D eigenvalue weighted by Crippen LogP contribution is -2.33. The first-order valence-electron chi connectivity index (χ1n) is 11.2. The van der Waals surface area contributed by atoms with Crippen LogP contribution in [0.25, 0.3) is 22.1 Å². The van der Waals surface area contributed by atoms with Gasteiger partial charge in [-0.15, -0.1) is 0 Å². The first-order valence-corrected chi connectivity index (χ1v) is 11.2. The molecule has 162 valence electrons. The quantitative estimate of drug-likeness (QED) is 0.344. The molecule has 32 heavy (non-hydrogen) atoms. The molecule has 0 amide bonds. The van der Waals surface area contributed by atoms with Crippen molar-refractivity contribution in [1.29, 1.82) is 0 Å². The fraction of sp³-hybridized carbons (Fsp3) is 0.250. The summed E-state index contributed by atoms with van der Waals surface area (Å²) in [6, 6.07) is 26.7. The van der Waals surface area contributed by atoms with E-state index in [4.69, 9.17) is 9.15 Å². The number of hydrogen-bond donors (Lipinski definition) is 0. The van der Waals surface area contributed by atoms with E-state index in [2.05, 4.69) is 42.2 Å². The van der Waals surface area contributed by atoms with Crippen molar-refractivity contribution in [3.05, 3.63) is 101 Å². The fourth-order valence-corrected chi connectivity index (χ4v) is 4.31. The maximum atomic E-state index is 12.9. The van der Waals surface area contributed by atoms with Gasteiger partial charge in [0.15, 0.2) is 5.43 Å². The Morgan fingerprint density at radius 2 is 1.72 bits per heavy atom. The van der Waals surface area contributed by atoms with Crippen molar-refractivity contribution in [1.82, 2.24) is 4.90 Å². The van der Waals surface area contributed by atoms with Gasteiger partial charge in [0.1, 0.15) is 24.2 Å². The van der Waals surface area contributed by atoms with Crippen LogP contribution in [0.4, 0.5) is 0 Å². The van der Waals surface area contributed by atoms with Crippen LogP contribution in [-0.2, 0) is 0 Å². The van der Waals surface area contributed by atoms with Crippen molar-refractivity contribution in [2.24, 2.45) is 0 Å². The molecule has 4 aromatic rings. The maximum Gasteiger partial charge on any atom is 0.200 e. The van der Waals surface area contributed by atoms with Crippen LogP contribution in [0.3, 0.4) is 0 Å². The van der Waals surface area contributed by atoms with Crippen molar-refractivity contribution < 1.29 is 9.15 Å². The van der Waals surface area contributed by atoms with E-state index in [1.54, 1.807) is 12.3 Å². The summed E-state index contributed by atoms with van der Waals surface area (Å²) in [6.07, 6.45) is 4.05. The van der Waals surface area contributed by atoms with Gasteiger partial charge in [-0.1, -0.05) is 60.7 Å². The van der Waals surface area contributed by atoms with E-state index in [1.807, 2.05) is 42.5 Å². The van der Waals surface area contributed by atoms with Crippen LogP contribution >= 0.6 is 0 Å². The van der Waals surface area contributed by atoms with Gasteiger partial charge < -0.3 is 9.15 Å². The second kappa shape index (κ2) is 9.01. The Balaban J connectivity index is 1.29. The average Bonchev–Trinajstić information content (AvgIpc) is 3.68. The van der Waals surface area contributed by atoms with Crippen LogP contribution in [0, 0.1) is 0 Å². The Kier molecular flexibility index (Phi) is 5.78. The van der Waals surface area contributed by atoms with Gasteiger partial charge in [0.25, 0.3) is 0 Å². The lowest BCUT2D eigenvalue weighted by Gasteiger charge is -2.29. The molecule has 1 atom stereocenters. The van der Waals surface area contributed by atoms with E-state index in [9.17, 15) is 4.79 Å². The molecule has 0 radical (unpaired) electrons. The van der Waals surface area contributed by atoms with E-state index in [0.717, 1.165) is 17.9 Å². The summed E-state index contributed by atoms with van der Waals surface area (Å²) < 4.78 is 11.9. The second-order valence-corrected chi connectivity index (χ2v) is 8.41. The molecule has 1 saturated carbocycles. The number of ether oxygens (including phenoxy) is 1.